The van der Waals surface area contributed by atoms with Crippen molar-refractivity contribution in [2.45, 2.75) is 25.8 Å². The molecule has 1 unspecified atom stereocenters. The number of tetrazole rings is 1. The molecule has 0 aliphatic rings. The molecule has 1 amide bonds. The van der Waals surface area contributed by atoms with Gasteiger partial charge in [-0.3, -0.25) is 9.59 Å². The van der Waals surface area contributed by atoms with E-state index in [9.17, 15) is 9.59 Å². The molecule has 3 N–H and O–H groups in total. The van der Waals surface area contributed by atoms with Crippen LogP contribution in [0.25, 0.3) is 0 Å². The molecule has 0 bridgehead atoms. The molecule has 0 aromatic carbocycles. The number of carbonyl (C=O) groups is 2. The average Bonchev–Trinajstić information content (AvgIpc) is 2.67. The average molecular weight is 213 g/mol. The Morgan fingerprint density at radius 3 is 2.87 bits per heavy atom. The monoisotopic (exact) mass is 213 g/mol. The number of aliphatic carboxylic acids is 1. The highest BCUT2D eigenvalue weighted by atomic mass is 16.4. The summed E-state index contributed by atoms with van der Waals surface area (Å²) in [5.74, 6) is -1.42. The van der Waals surface area contributed by atoms with Crippen LogP contribution in [-0.2, 0) is 4.79 Å². The van der Waals surface area contributed by atoms with Crippen molar-refractivity contribution in [2.24, 2.45) is 0 Å². The fourth-order valence-electron chi connectivity index (χ4n) is 0.958. The van der Waals surface area contributed by atoms with E-state index in [1.807, 2.05) is 0 Å². The molecule has 1 heterocycles. The Labute approximate surface area is 85.1 Å². The maximum Gasteiger partial charge on any atom is 0.303 e. The maximum absolute atomic E-state index is 11.3. The minimum absolute atomic E-state index is 0.00763. The van der Waals surface area contributed by atoms with Crippen LogP contribution in [0.2, 0.25) is 0 Å². The highest BCUT2D eigenvalue weighted by Crippen LogP contribution is 1.97. The van der Waals surface area contributed by atoms with E-state index in [1.54, 1.807) is 6.92 Å². The molecule has 1 aromatic rings. The third-order valence-electron chi connectivity index (χ3n) is 1.72. The van der Waals surface area contributed by atoms with Crippen LogP contribution in [0.4, 0.5) is 0 Å². The second-order valence-electron chi connectivity index (χ2n) is 3.04. The molecule has 0 radical (unpaired) electrons. The number of aromatic nitrogens is 4. The fourth-order valence-corrected chi connectivity index (χ4v) is 0.958. The largest absolute Gasteiger partial charge is 0.481 e. The zero-order valence-electron chi connectivity index (χ0n) is 8.10. The van der Waals surface area contributed by atoms with Crippen molar-refractivity contribution in [1.29, 1.82) is 0 Å². The highest BCUT2D eigenvalue weighted by molar-refractivity contribution is 5.90. The van der Waals surface area contributed by atoms with E-state index >= 15 is 0 Å². The van der Waals surface area contributed by atoms with E-state index in [-0.39, 0.29) is 18.3 Å². The van der Waals surface area contributed by atoms with Crippen LogP contribution < -0.4 is 5.32 Å². The molecular weight excluding hydrogens is 202 g/mol. The summed E-state index contributed by atoms with van der Waals surface area (Å²) in [5.41, 5.74) is 0. The lowest BCUT2D eigenvalue weighted by atomic mass is 10.2. The van der Waals surface area contributed by atoms with Gasteiger partial charge in [-0.1, -0.05) is 0 Å². The van der Waals surface area contributed by atoms with Crippen molar-refractivity contribution in [2.75, 3.05) is 0 Å². The van der Waals surface area contributed by atoms with Gasteiger partial charge in [0.25, 0.3) is 11.7 Å². The molecule has 0 aliphatic carbocycles. The van der Waals surface area contributed by atoms with Crippen molar-refractivity contribution in [3.63, 3.8) is 0 Å². The van der Waals surface area contributed by atoms with Gasteiger partial charge in [0.05, 0.1) is 0 Å². The van der Waals surface area contributed by atoms with Gasteiger partial charge in [0, 0.05) is 12.5 Å². The van der Waals surface area contributed by atoms with E-state index < -0.39 is 11.9 Å². The minimum atomic E-state index is -0.893. The number of aromatic amines is 1. The Balaban J connectivity index is 2.35. The molecule has 0 fully saturated rings. The van der Waals surface area contributed by atoms with Crippen molar-refractivity contribution in [1.82, 2.24) is 25.9 Å². The number of carbonyl (C=O) groups excluding carboxylic acids is 1. The van der Waals surface area contributed by atoms with Crippen LogP contribution in [0.1, 0.15) is 30.4 Å². The first-order valence-corrected chi connectivity index (χ1v) is 4.35. The van der Waals surface area contributed by atoms with Crippen molar-refractivity contribution in [3.05, 3.63) is 5.82 Å². The first kappa shape index (κ1) is 11.1. The van der Waals surface area contributed by atoms with E-state index in [0.29, 0.717) is 6.42 Å². The van der Waals surface area contributed by atoms with Crippen LogP contribution in [0.3, 0.4) is 0 Å². The molecule has 8 heteroatoms. The second kappa shape index (κ2) is 5.03. The van der Waals surface area contributed by atoms with Crippen molar-refractivity contribution < 1.29 is 14.7 Å². The van der Waals surface area contributed by atoms with Crippen LogP contribution in [0, 0.1) is 0 Å². The number of hydrogen-bond acceptors (Lipinski definition) is 5. The van der Waals surface area contributed by atoms with Crippen LogP contribution in [0.15, 0.2) is 0 Å². The van der Waals surface area contributed by atoms with Gasteiger partial charge in [0.15, 0.2) is 0 Å². The molecule has 0 spiro atoms. The maximum atomic E-state index is 11.3. The molecule has 1 aromatic heterocycles. The Kier molecular flexibility index (Phi) is 3.72. The van der Waals surface area contributed by atoms with Gasteiger partial charge in [0.2, 0.25) is 0 Å². The predicted octanol–water partition coefficient (Wildman–Crippen LogP) is -0.817. The summed E-state index contributed by atoms with van der Waals surface area (Å²) in [6.45, 7) is 1.71. The van der Waals surface area contributed by atoms with Crippen molar-refractivity contribution in [3.8, 4) is 0 Å². The van der Waals surface area contributed by atoms with Crippen molar-refractivity contribution >= 4 is 11.9 Å². The summed E-state index contributed by atoms with van der Waals surface area (Å²) < 4.78 is 0. The molecular formula is C7H11N5O3. The normalized spacial score (nSPS) is 12.1. The third-order valence-corrected chi connectivity index (χ3v) is 1.72. The van der Waals surface area contributed by atoms with E-state index in [0.717, 1.165) is 0 Å². The Bertz CT molecular complexity index is 336. The smallest absolute Gasteiger partial charge is 0.303 e. The van der Waals surface area contributed by atoms with E-state index in [4.69, 9.17) is 5.11 Å². The first-order chi connectivity index (χ1) is 7.09. The zero-order chi connectivity index (χ0) is 11.3. The first-order valence-electron chi connectivity index (χ1n) is 4.35. The number of nitrogens with one attached hydrogen (secondary N) is 2. The molecule has 82 valence electrons. The lowest BCUT2D eigenvalue weighted by molar-refractivity contribution is -0.137. The number of hydrogen-bond donors (Lipinski definition) is 3. The van der Waals surface area contributed by atoms with Gasteiger partial charge < -0.3 is 10.4 Å². The molecule has 1 atom stereocenters. The van der Waals surface area contributed by atoms with Crippen LogP contribution in [-0.4, -0.2) is 43.6 Å². The molecule has 0 aliphatic heterocycles. The zero-order valence-corrected chi connectivity index (χ0v) is 8.10. The van der Waals surface area contributed by atoms with Gasteiger partial charge in [-0.25, -0.2) is 0 Å². The van der Waals surface area contributed by atoms with Gasteiger partial charge >= 0.3 is 5.97 Å². The van der Waals surface area contributed by atoms with Crippen LogP contribution >= 0.6 is 0 Å². The molecule has 1 rings (SSSR count). The number of amides is 1. The lowest BCUT2D eigenvalue weighted by Gasteiger charge is -2.10. The topological polar surface area (TPSA) is 121 Å². The van der Waals surface area contributed by atoms with Gasteiger partial charge in [-0.05, 0) is 18.6 Å². The standard InChI is InChI=1S/C7H11N5O3/c1-4(2-3-5(13)14)8-7(15)6-9-11-12-10-6/h4H,2-3H2,1H3,(H,8,15)(H,13,14)(H,9,10,11,12). The second-order valence-corrected chi connectivity index (χ2v) is 3.04. The summed E-state index contributed by atoms with van der Waals surface area (Å²) in [6, 6.07) is -0.243. The highest BCUT2D eigenvalue weighted by Gasteiger charge is 2.14. The minimum Gasteiger partial charge on any atom is -0.481 e. The fraction of sp³-hybridized carbons (Fsp3) is 0.571. The summed E-state index contributed by atoms with van der Waals surface area (Å²) in [6.07, 6.45) is 0.368. The number of H-pyrrole nitrogens is 1. The summed E-state index contributed by atoms with van der Waals surface area (Å²) >= 11 is 0. The molecule has 0 saturated heterocycles. The summed E-state index contributed by atoms with van der Waals surface area (Å²) in [4.78, 5) is 21.6. The lowest BCUT2D eigenvalue weighted by Crippen LogP contribution is -2.33. The number of carboxylic acid groups (broad SMARTS) is 1. The quantitative estimate of drug-likeness (QED) is 0.587. The van der Waals surface area contributed by atoms with Crippen LogP contribution in [0.5, 0.6) is 0 Å². The van der Waals surface area contributed by atoms with E-state index in [1.165, 1.54) is 0 Å². The van der Waals surface area contributed by atoms with Gasteiger partial charge in [0.1, 0.15) is 0 Å². The Hall–Kier alpha value is -1.99. The molecule has 15 heavy (non-hydrogen) atoms. The van der Waals surface area contributed by atoms with E-state index in [2.05, 4.69) is 25.9 Å². The Morgan fingerprint density at radius 2 is 2.33 bits per heavy atom. The summed E-state index contributed by atoms with van der Waals surface area (Å²) in [5, 5.41) is 23.3. The van der Waals surface area contributed by atoms with Gasteiger partial charge in [-0.2, -0.15) is 5.21 Å². The molecule has 0 saturated carbocycles. The predicted molar refractivity (Wildman–Crippen MR) is 48.0 cm³/mol. The Morgan fingerprint density at radius 1 is 1.60 bits per heavy atom. The van der Waals surface area contributed by atoms with Gasteiger partial charge in [-0.15, -0.1) is 10.2 Å². The number of rotatable bonds is 5. The SMILES string of the molecule is CC(CCC(=O)O)NC(=O)c1nn[nH]n1. The summed E-state index contributed by atoms with van der Waals surface area (Å²) in [7, 11) is 0. The number of nitrogens with zero attached hydrogens (tertiary/aromatic N) is 3. The number of carboxylic acids is 1. The third kappa shape index (κ3) is 3.71. The molecule has 8 nitrogen and oxygen atoms in total.